The van der Waals surface area contributed by atoms with Crippen molar-refractivity contribution in [1.82, 2.24) is 0 Å². The van der Waals surface area contributed by atoms with Crippen LogP contribution in [0.25, 0.3) is 10.8 Å². The second-order valence-corrected chi connectivity index (χ2v) is 5.27. The Morgan fingerprint density at radius 3 is 2.33 bits per heavy atom. The van der Waals surface area contributed by atoms with Crippen LogP contribution in [0.2, 0.25) is 0 Å². The zero-order chi connectivity index (χ0) is 14.7. The molecule has 1 unspecified atom stereocenters. The Morgan fingerprint density at radius 1 is 0.857 bits per heavy atom. The van der Waals surface area contributed by atoms with E-state index in [-0.39, 0.29) is 18.3 Å². The van der Waals surface area contributed by atoms with Crippen LogP contribution in [0.4, 0.5) is 4.39 Å². The fourth-order valence-corrected chi connectivity index (χ4v) is 2.76. The molecule has 1 atom stereocenters. The van der Waals surface area contributed by atoms with Crippen LogP contribution in [0.1, 0.15) is 17.0 Å². The first-order chi connectivity index (χ1) is 10.3. The van der Waals surface area contributed by atoms with Gasteiger partial charge in [-0.2, -0.15) is 0 Å². The van der Waals surface area contributed by atoms with E-state index >= 15 is 0 Å². The van der Waals surface area contributed by atoms with Crippen molar-refractivity contribution in [3.05, 3.63) is 83.7 Å². The van der Waals surface area contributed by atoms with Crippen LogP contribution in [0.5, 0.6) is 0 Å². The highest BCUT2D eigenvalue weighted by atomic mass is 19.1. The first-order valence-electron chi connectivity index (χ1n) is 7.11. The van der Waals surface area contributed by atoms with Gasteiger partial charge >= 0.3 is 0 Å². The zero-order valence-corrected chi connectivity index (χ0v) is 11.7. The molecule has 106 valence electrons. The molecule has 0 heterocycles. The maximum atomic E-state index is 13.0. The summed E-state index contributed by atoms with van der Waals surface area (Å²) in [5.41, 5.74) is 2.17. The fraction of sp³-hybridized carbons (Fsp3) is 0.158. The second kappa shape index (κ2) is 6.06. The predicted molar refractivity (Wildman–Crippen MR) is 83.9 cm³/mol. The summed E-state index contributed by atoms with van der Waals surface area (Å²) in [6.07, 6.45) is 0.740. The lowest BCUT2D eigenvalue weighted by Gasteiger charge is -2.16. The van der Waals surface area contributed by atoms with Crippen LogP contribution >= 0.6 is 0 Å². The van der Waals surface area contributed by atoms with E-state index in [1.807, 2.05) is 18.2 Å². The highest BCUT2D eigenvalue weighted by Gasteiger charge is 2.13. The molecule has 1 nitrogen and oxygen atoms in total. The van der Waals surface area contributed by atoms with Crippen molar-refractivity contribution < 1.29 is 9.50 Å². The predicted octanol–water partition coefficient (Wildman–Crippen LogP) is 4.30. The molecule has 2 heteroatoms. The first kappa shape index (κ1) is 13.8. The molecule has 0 fully saturated rings. The van der Waals surface area contributed by atoms with Gasteiger partial charge in [0.05, 0.1) is 6.61 Å². The lowest BCUT2D eigenvalue weighted by Crippen LogP contribution is -2.08. The summed E-state index contributed by atoms with van der Waals surface area (Å²) in [6, 6.07) is 20.8. The van der Waals surface area contributed by atoms with Crippen molar-refractivity contribution >= 4 is 10.8 Å². The Labute approximate surface area is 123 Å². The average Bonchev–Trinajstić information content (AvgIpc) is 2.54. The molecule has 0 amide bonds. The SMILES string of the molecule is OCC(Cc1cccc2ccccc12)c1ccc(F)cc1. The van der Waals surface area contributed by atoms with Crippen LogP contribution in [0.15, 0.2) is 66.7 Å². The molecule has 0 aromatic heterocycles. The number of hydrogen-bond donors (Lipinski definition) is 1. The quantitative estimate of drug-likeness (QED) is 0.755. The molecule has 0 saturated heterocycles. The number of halogens is 1. The van der Waals surface area contributed by atoms with Crippen molar-refractivity contribution in [3.8, 4) is 0 Å². The van der Waals surface area contributed by atoms with E-state index in [2.05, 4.69) is 24.3 Å². The summed E-state index contributed by atoms with van der Waals surface area (Å²) < 4.78 is 13.0. The summed E-state index contributed by atoms with van der Waals surface area (Å²) in [5.74, 6) is -0.267. The van der Waals surface area contributed by atoms with Crippen LogP contribution in [0, 0.1) is 5.82 Å². The summed E-state index contributed by atoms with van der Waals surface area (Å²) in [6.45, 7) is 0.0504. The normalized spacial score (nSPS) is 12.5. The molecule has 3 aromatic rings. The molecular formula is C19H17FO. The monoisotopic (exact) mass is 280 g/mol. The largest absolute Gasteiger partial charge is 0.396 e. The molecule has 1 N–H and O–H groups in total. The molecule has 0 spiro atoms. The van der Waals surface area contributed by atoms with Crippen LogP contribution in [0.3, 0.4) is 0 Å². The van der Waals surface area contributed by atoms with Gasteiger partial charge in [-0.05, 0) is 40.5 Å². The van der Waals surface area contributed by atoms with E-state index < -0.39 is 0 Å². The summed E-state index contributed by atoms with van der Waals surface area (Å²) >= 11 is 0. The van der Waals surface area contributed by atoms with Gasteiger partial charge in [0.2, 0.25) is 0 Å². The maximum absolute atomic E-state index is 13.0. The molecule has 0 radical (unpaired) electrons. The van der Waals surface area contributed by atoms with E-state index in [1.54, 1.807) is 12.1 Å². The average molecular weight is 280 g/mol. The van der Waals surface area contributed by atoms with Gasteiger partial charge in [0.1, 0.15) is 5.82 Å². The molecule has 3 aromatic carbocycles. The number of aliphatic hydroxyl groups excluding tert-OH is 1. The van der Waals surface area contributed by atoms with Crippen molar-refractivity contribution in [3.63, 3.8) is 0 Å². The molecular weight excluding hydrogens is 263 g/mol. The van der Waals surface area contributed by atoms with Gasteiger partial charge in [0.25, 0.3) is 0 Å². The molecule has 0 saturated carbocycles. The third-order valence-electron chi connectivity index (χ3n) is 3.91. The minimum atomic E-state index is -0.249. The maximum Gasteiger partial charge on any atom is 0.123 e. The highest BCUT2D eigenvalue weighted by Crippen LogP contribution is 2.26. The number of aliphatic hydroxyl groups is 1. The smallest absolute Gasteiger partial charge is 0.123 e. The minimum absolute atomic E-state index is 0.0172. The summed E-state index contributed by atoms with van der Waals surface area (Å²) in [4.78, 5) is 0. The lowest BCUT2D eigenvalue weighted by molar-refractivity contribution is 0.264. The van der Waals surface area contributed by atoms with Gasteiger partial charge < -0.3 is 5.11 Å². The zero-order valence-electron chi connectivity index (χ0n) is 11.7. The topological polar surface area (TPSA) is 20.2 Å². The molecule has 0 bridgehead atoms. The lowest BCUT2D eigenvalue weighted by atomic mass is 9.90. The van der Waals surface area contributed by atoms with Gasteiger partial charge in [-0.3, -0.25) is 0 Å². The standard InChI is InChI=1S/C19H17FO/c20-18-10-8-14(9-11-18)17(13-21)12-16-6-3-5-15-4-1-2-7-19(15)16/h1-11,17,21H,12-13H2. The molecule has 0 aliphatic heterocycles. The number of rotatable bonds is 4. The molecule has 0 aliphatic rings. The van der Waals surface area contributed by atoms with Gasteiger partial charge in [0, 0.05) is 5.92 Å². The number of fused-ring (bicyclic) bond motifs is 1. The van der Waals surface area contributed by atoms with Gasteiger partial charge in [-0.25, -0.2) is 4.39 Å². The van der Waals surface area contributed by atoms with E-state index in [1.165, 1.54) is 28.5 Å². The van der Waals surface area contributed by atoms with Crippen molar-refractivity contribution in [1.29, 1.82) is 0 Å². The van der Waals surface area contributed by atoms with Crippen molar-refractivity contribution in [2.24, 2.45) is 0 Å². The van der Waals surface area contributed by atoms with Crippen LogP contribution < -0.4 is 0 Å². The minimum Gasteiger partial charge on any atom is -0.396 e. The molecule has 21 heavy (non-hydrogen) atoms. The van der Waals surface area contributed by atoms with Gasteiger partial charge in [-0.15, -0.1) is 0 Å². The van der Waals surface area contributed by atoms with Crippen molar-refractivity contribution in [2.45, 2.75) is 12.3 Å². The molecule has 0 aliphatic carbocycles. The van der Waals surface area contributed by atoms with Crippen LogP contribution in [-0.4, -0.2) is 11.7 Å². The van der Waals surface area contributed by atoms with E-state index in [4.69, 9.17) is 0 Å². The summed E-state index contributed by atoms with van der Waals surface area (Å²) in [7, 11) is 0. The Balaban J connectivity index is 1.94. The third-order valence-corrected chi connectivity index (χ3v) is 3.91. The highest BCUT2D eigenvalue weighted by molar-refractivity contribution is 5.85. The fourth-order valence-electron chi connectivity index (χ4n) is 2.76. The third kappa shape index (κ3) is 2.96. The Hall–Kier alpha value is -2.19. The van der Waals surface area contributed by atoms with Crippen LogP contribution in [-0.2, 0) is 6.42 Å². The Morgan fingerprint density at radius 2 is 1.57 bits per heavy atom. The van der Waals surface area contributed by atoms with Gasteiger partial charge in [-0.1, -0.05) is 54.6 Å². The van der Waals surface area contributed by atoms with E-state index in [0.29, 0.717) is 0 Å². The molecule has 3 rings (SSSR count). The van der Waals surface area contributed by atoms with Gasteiger partial charge in [0.15, 0.2) is 0 Å². The Bertz CT molecular complexity index is 729. The van der Waals surface area contributed by atoms with E-state index in [9.17, 15) is 9.50 Å². The second-order valence-electron chi connectivity index (χ2n) is 5.27. The van der Waals surface area contributed by atoms with E-state index in [0.717, 1.165) is 12.0 Å². The summed E-state index contributed by atoms with van der Waals surface area (Å²) in [5, 5.41) is 12.1. The number of benzene rings is 3. The van der Waals surface area contributed by atoms with Crippen molar-refractivity contribution in [2.75, 3.05) is 6.61 Å². The number of hydrogen-bond acceptors (Lipinski definition) is 1. The Kier molecular flexibility index (Phi) is 3.98. The first-order valence-corrected chi connectivity index (χ1v) is 7.11.